The average Bonchev–Trinajstić information content (AvgIpc) is 2.95. The van der Waals surface area contributed by atoms with Gasteiger partial charge in [-0.1, -0.05) is 18.2 Å². The molecule has 0 unspecified atom stereocenters. The van der Waals surface area contributed by atoms with Gasteiger partial charge in [0.05, 0.1) is 6.54 Å². The number of carbonyl (C=O) groups is 3. The van der Waals surface area contributed by atoms with E-state index in [1.165, 1.54) is 17.0 Å². The van der Waals surface area contributed by atoms with Gasteiger partial charge in [0, 0.05) is 55.4 Å². The number of amides is 4. The third-order valence-electron chi connectivity index (χ3n) is 6.34. The van der Waals surface area contributed by atoms with Gasteiger partial charge in [-0.2, -0.15) is 8.78 Å². The van der Waals surface area contributed by atoms with Crippen LogP contribution >= 0.6 is 0 Å². The lowest BCUT2D eigenvalue weighted by Gasteiger charge is -2.36. The standard InChI is InChI=1S/C27H27F3N6O3/c1-34-12-14-35(15-13-34)27(39)36(22-6-4-18(5-7-22)19-8-10-31-11-9-19)17-21-3-2-20(16-23(21)28)25(37)32-33-26(38)24(29)30/h2-11,16,24H,12-15,17H2,1H3,(H,32,37)(H,33,38). The normalized spacial score (nSPS) is 13.7. The summed E-state index contributed by atoms with van der Waals surface area (Å²) in [7, 11) is 1.98. The van der Waals surface area contributed by atoms with Crippen LogP contribution in [-0.2, 0) is 11.3 Å². The van der Waals surface area contributed by atoms with Gasteiger partial charge in [0.25, 0.3) is 5.91 Å². The number of rotatable bonds is 6. The van der Waals surface area contributed by atoms with Crippen molar-refractivity contribution in [2.45, 2.75) is 13.0 Å². The van der Waals surface area contributed by atoms with Gasteiger partial charge in [-0.3, -0.25) is 30.3 Å². The van der Waals surface area contributed by atoms with Crippen LogP contribution in [0.5, 0.6) is 0 Å². The van der Waals surface area contributed by atoms with Gasteiger partial charge in [0.15, 0.2) is 0 Å². The average molecular weight is 541 g/mol. The summed E-state index contributed by atoms with van der Waals surface area (Å²) in [5, 5.41) is 0. The summed E-state index contributed by atoms with van der Waals surface area (Å²) in [6, 6.07) is 14.3. The minimum Gasteiger partial charge on any atom is -0.322 e. The molecule has 1 saturated heterocycles. The number of hydrogen-bond acceptors (Lipinski definition) is 5. The molecule has 0 spiro atoms. The van der Waals surface area contributed by atoms with E-state index in [0.717, 1.165) is 17.2 Å². The quantitative estimate of drug-likeness (QED) is 0.468. The molecule has 12 heteroatoms. The molecule has 39 heavy (non-hydrogen) atoms. The smallest absolute Gasteiger partial charge is 0.322 e. The highest BCUT2D eigenvalue weighted by Crippen LogP contribution is 2.26. The van der Waals surface area contributed by atoms with Gasteiger partial charge in [-0.25, -0.2) is 9.18 Å². The molecule has 1 aliphatic heterocycles. The molecule has 1 aromatic heterocycles. The first-order chi connectivity index (χ1) is 18.7. The number of hydrogen-bond donors (Lipinski definition) is 2. The van der Waals surface area contributed by atoms with Crippen molar-refractivity contribution in [1.29, 1.82) is 0 Å². The summed E-state index contributed by atoms with van der Waals surface area (Å²) in [6.07, 6.45) is 0.0598. The molecule has 4 rings (SSSR count). The number of piperazine rings is 1. The Kier molecular flexibility index (Phi) is 8.77. The molecule has 0 radical (unpaired) electrons. The lowest BCUT2D eigenvalue weighted by Crippen LogP contribution is -2.52. The maximum Gasteiger partial charge on any atom is 0.324 e. The number of aromatic nitrogens is 1. The molecular weight excluding hydrogens is 513 g/mol. The molecule has 0 atom stereocenters. The first-order valence-corrected chi connectivity index (χ1v) is 12.1. The monoisotopic (exact) mass is 540 g/mol. The van der Waals surface area contributed by atoms with E-state index < -0.39 is 24.1 Å². The van der Waals surface area contributed by atoms with Crippen molar-refractivity contribution in [2.24, 2.45) is 0 Å². The maximum absolute atomic E-state index is 15.1. The van der Waals surface area contributed by atoms with Crippen LogP contribution in [0.2, 0.25) is 0 Å². The lowest BCUT2D eigenvalue weighted by molar-refractivity contribution is -0.132. The number of carbonyl (C=O) groups excluding carboxylic acids is 3. The zero-order valence-corrected chi connectivity index (χ0v) is 21.1. The molecule has 204 valence electrons. The van der Waals surface area contributed by atoms with E-state index in [1.807, 2.05) is 36.7 Å². The molecule has 1 aliphatic rings. The summed E-state index contributed by atoms with van der Waals surface area (Å²) in [5.74, 6) is -3.42. The molecule has 4 amide bonds. The molecule has 2 aromatic carbocycles. The van der Waals surface area contributed by atoms with Crippen LogP contribution in [0.4, 0.5) is 23.7 Å². The molecule has 0 aliphatic carbocycles. The van der Waals surface area contributed by atoms with Gasteiger partial charge in [0.1, 0.15) is 5.82 Å². The van der Waals surface area contributed by atoms with Gasteiger partial charge in [0.2, 0.25) is 0 Å². The number of urea groups is 1. The Hall–Kier alpha value is -4.45. The number of alkyl halides is 2. The molecule has 2 heterocycles. The van der Waals surface area contributed by atoms with E-state index in [0.29, 0.717) is 31.9 Å². The van der Waals surface area contributed by atoms with Gasteiger partial charge in [-0.05, 0) is 54.6 Å². The molecule has 3 aromatic rings. The number of anilines is 1. The summed E-state index contributed by atoms with van der Waals surface area (Å²) in [6.45, 7) is 2.34. The second-order valence-electron chi connectivity index (χ2n) is 8.99. The Bertz CT molecular complexity index is 1320. The molecule has 2 N–H and O–H groups in total. The van der Waals surface area contributed by atoms with Gasteiger partial charge >= 0.3 is 18.4 Å². The highest BCUT2D eigenvalue weighted by Gasteiger charge is 2.26. The summed E-state index contributed by atoms with van der Waals surface area (Å²) >= 11 is 0. The molecule has 0 bridgehead atoms. The largest absolute Gasteiger partial charge is 0.324 e. The van der Waals surface area contributed by atoms with E-state index in [4.69, 9.17) is 0 Å². The van der Waals surface area contributed by atoms with Crippen molar-refractivity contribution in [1.82, 2.24) is 25.6 Å². The maximum atomic E-state index is 15.1. The van der Waals surface area contributed by atoms with Crippen molar-refractivity contribution in [2.75, 3.05) is 38.1 Å². The second kappa shape index (κ2) is 12.4. The minimum atomic E-state index is -3.31. The Labute approximate surface area is 223 Å². The fraction of sp³-hybridized carbons (Fsp3) is 0.259. The SMILES string of the molecule is CN1CCN(C(=O)N(Cc2ccc(C(=O)NNC(=O)C(F)F)cc2F)c2ccc(-c3ccncc3)cc2)CC1. The summed E-state index contributed by atoms with van der Waals surface area (Å²) < 4.78 is 39.8. The first-order valence-electron chi connectivity index (χ1n) is 12.1. The number of pyridine rings is 1. The highest BCUT2D eigenvalue weighted by molar-refractivity contribution is 5.96. The fourth-order valence-corrected chi connectivity index (χ4v) is 4.05. The molecule has 1 fully saturated rings. The lowest BCUT2D eigenvalue weighted by atomic mass is 10.1. The van der Waals surface area contributed by atoms with Crippen LogP contribution in [0.15, 0.2) is 67.0 Å². The van der Waals surface area contributed by atoms with E-state index in [-0.39, 0.29) is 23.7 Å². The third kappa shape index (κ3) is 6.90. The molecule has 9 nitrogen and oxygen atoms in total. The Morgan fingerprint density at radius 1 is 0.923 bits per heavy atom. The zero-order chi connectivity index (χ0) is 27.9. The number of nitrogens with one attached hydrogen (secondary N) is 2. The highest BCUT2D eigenvalue weighted by atomic mass is 19.3. The number of nitrogens with zero attached hydrogens (tertiary/aromatic N) is 4. The molecular formula is C27H27F3N6O3. The van der Waals surface area contributed by atoms with Crippen LogP contribution in [0.25, 0.3) is 11.1 Å². The van der Waals surface area contributed by atoms with Crippen molar-refractivity contribution in [3.05, 3.63) is 83.9 Å². The number of hydrazine groups is 1. The van der Waals surface area contributed by atoms with E-state index in [9.17, 15) is 23.2 Å². The van der Waals surface area contributed by atoms with Crippen LogP contribution in [0.3, 0.4) is 0 Å². The Morgan fingerprint density at radius 2 is 1.56 bits per heavy atom. The van der Waals surface area contributed by atoms with Crippen molar-refractivity contribution < 1.29 is 27.6 Å². The second-order valence-corrected chi connectivity index (χ2v) is 8.99. The summed E-state index contributed by atoms with van der Waals surface area (Å²) in [4.78, 5) is 46.0. The van der Waals surface area contributed by atoms with Crippen molar-refractivity contribution in [3.8, 4) is 11.1 Å². The predicted molar refractivity (Wildman–Crippen MR) is 138 cm³/mol. The number of benzene rings is 2. The van der Waals surface area contributed by atoms with E-state index in [1.54, 1.807) is 34.9 Å². The number of halogens is 3. The topological polar surface area (TPSA) is 97.9 Å². The molecule has 0 saturated carbocycles. The Balaban J connectivity index is 1.56. The number of likely N-dealkylation sites (N-methyl/N-ethyl adjacent to an activating group) is 1. The van der Waals surface area contributed by atoms with Crippen LogP contribution in [0.1, 0.15) is 15.9 Å². The minimum absolute atomic E-state index is 0.115. The van der Waals surface area contributed by atoms with Crippen LogP contribution in [0, 0.1) is 5.82 Å². The van der Waals surface area contributed by atoms with Crippen molar-refractivity contribution >= 4 is 23.5 Å². The van der Waals surface area contributed by atoms with Crippen LogP contribution in [-0.4, -0.2) is 72.3 Å². The third-order valence-corrected chi connectivity index (χ3v) is 6.34. The van der Waals surface area contributed by atoms with Crippen LogP contribution < -0.4 is 15.8 Å². The Morgan fingerprint density at radius 3 is 2.18 bits per heavy atom. The van der Waals surface area contributed by atoms with Gasteiger partial charge < -0.3 is 9.80 Å². The first kappa shape index (κ1) is 27.6. The predicted octanol–water partition coefficient (Wildman–Crippen LogP) is 3.29. The fourth-order valence-electron chi connectivity index (χ4n) is 4.05. The van der Waals surface area contributed by atoms with Crippen molar-refractivity contribution in [3.63, 3.8) is 0 Å². The zero-order valence-electron chi connectivity index (χ0n) is 21.1. The van der Waals surface area contributed by atoms with E-state index in [2.05, 4.69) is 9.88 Å². The van der Waals surface area contributed by atoms with Gasteiger partial charge in [-0.15, -0.1) is 0 Å². The van der Waals surface area contributed by atoms with E-state index >= 15 is 4.39 Å². The summed E-state index contributed by atoms with van der Waals surface area (Å²) in [5.41, 5.74) is 5.77.